The lowest BCUT2D eigenvalue weighted by molar-refractivity contribution is 0.0993. The minimum absolute atomic E-state index is 0.132. The van der Waals surface area contributed by atoms with E-state index in [1.807, 2.05) is 18.2 Å². The average Bonchev–Trinajstić information content (AvgIpc) is 3.06. The monoisotopic (exact) mass is 438 g/mol. The lowest BCUT2D eigenvalue weighted by Gasteiger charge is -2.40. The summed E-state index contributed by atoms with van der Waals surface area (Å²) in [5.41, 5.74) is 13.8. The largest absolute Gasteiger partial charge is 0.269 e. The molecule has 1 aliphatic heterocycles. The Bertz CT molecular complexity index is 1120. The number of fused-ring (bicyclic) bond motifs is 2. The predicted octanol–water partition coefficient (Wildman–Crippen LogP) is 4.58. The molecule has 29 heavy (non-hydrogen) atoms. The van der Waals surface area contributed by atoms with Crippen molar-refractivity contribution in [3.8, 4) is 11.1 Å². The van der Waals surface area contributed by atoms with E-state index in [0.717, 1.165) is 16.7 Å². The second-order valence-corrected chi connectivity index (χ2v) is 37.5. The second-order valence-electron chi connectivity index (χ2n) is 10.3. The van der Waals surface area contributed by atoms with Crippen LogP contribution in [0.2, 0.25) is 39.3 Å². The molecular formula is C23H29FNOSi3. The molecule has 0 unspecified atom stereocenters. The number of benzene rings is 2. The van der Waals surface area contributed by atoms with E-state index in [-0.39, 0.29) is 5.82 Å². The van der Waals surface area contributed by atoms with Crippen LogP contribution in [0, 0.1) is 5.82 Å². The fraction of sp³-hybridized carbons (Fsp3) is 0.348. The van der Waals surface area contributed by atoms with Crippen molar-refractivity contribution in [3.05, 3.63) is 52.3 Å². The molecule has 0 saturated heterocycles. The molecule has 1 amide bonds. The van der Waals surface area contributed by atoms with Gasteiger partial charge in [-0.25, -0.2) is 4.39 Å². The van der Waals surface area contributed by atoms with Crippen molar-refractivity contribution in [2.24, 2.45) is 0 Å². The van der Waals surface area contributed by atoms with Crippen molar-refractivity contribution in [2.75, 3.05) is 0 Å². The van der Waals surface area contributed by atoms with Gasteiger partial charge in [-0.1, -0.05) is 73.4 Å². The molecule has 4 rings (SSSR count). The summed E-state index contributed by atoms with van der Waals surface area (Å²) in [6, 6.07) is 7.45. The zero-order chi connectivity index (χ0) is 21.5. The Morgan fingerprint density at radius 2 is 1.52 bits per heavy atom. The van der Waals surface area contributed by atoms with Crippen molar-refractivity contribution in [1.29, 1.82) is 0 Å². The van der Waals surface area contributed by atoms with Gasteiger partial charge in [0.05, 0.1) is 15.2 Å². The van der Waals surface area contributed by atoms with E-state index in [9.17, 15) is 9.18 Å². The topological polar surface area (TPSA) is 40.9 Å². The van der Waals surface area contributed by atoms with Gasteiger partial charge in [0, 0.05) is 12.7 Å². The van der Waals surface area contributed by atoms with Gasteiger partial charge in [0.15, 0.2) is 0 Å². The third-order valence-corrected chi connectivity index (χ3v) is 49.8. The molecule has 151 valence electrons. The Labute approximate surface area is 175 Å². The van der Waals surface area contributed by atoms with Crippen molar-refractivity contribution < 1.29 is 9.18 Å². The van der Waals surface area contributed by atoms with E-state index < -0.39 is 28.2 Å². The smallest absolute Gasteiger partial charge is 0.267 e. The molecule has 2 aromatic carbocycles. The standard InChI is InChI=1S/C23H29FNOSi3/c1-14-12-18-15(10-11-20(24)19(18)13-14)16-8-9-17(23(25)26)22-21(16)27(2,3)29(6,7)28(22,4)5/h8-12,25H,13H2,1-7H3. The summed E-state index contributed by atoms with van der Waals surface area (Å²) in [5.74, 6) is -0.697. The Hall–Kier alpha value is -1.77. The first-order valence-electron chi connectivity index (χ1n) is 10.2. The molecule has 1 aliphatic carbocycles. The Balaban J connectivity index is 2.14. The predicted molar refractivity (Wildman–Crippen MR) is 128 cm³/mol. The molecule has 1 heterocycles. The number of hydrogen-bond donors (Lipinski definition) is 0. The van der Waals surface area contributed by atoms with Gasteiger partial charge in [-0.3, -0.25) is 10.5 Å². The molecule has 6 heteroatoms. The number of nitrogens with one attached hydrogen (secondary N) is 1. The van der Waals surface area contributed by atoms with E-state index in [2.05, 4.69) is 52.3 Å². The maximum absolute atomic E-state index is 14.5. The molecule has 0 atom stereocenters. The van der Waals surface area contributed by atoms with Crippen LogP contribution in [0.4, 0.5) is 4.39 Å². The van der Waals surface area contributed by atoms with E-state index in [1.54, 1.807) is 6.07 Å². The average molecular weight is 439 g/mol. The van der Waals surface area contributed by atoms with Gasteiger partial charge >= 0.3 is 0 Å². The van der Waals surface area contributed by atoms with Gasteiger partial charge in [0.1, 0.15) is 5.82 Å². The maximum atomic E-state index is 14.5. The number of allylic oxidation sites excluding steroid dienone is 1. The summed E-state index contributed by atoms with van der Waals surface area (Å²) in [7, 11) is -5.35. The minimum Gasteiger partial charge on any atom is -0.267 e. The number of halogens is 1. The molecule has 0 fully saturated rings. The molecule has 1 N–H and O–H groups in total. The summed E-state index contributed by atoms with van der Waals surface area (Å²) >= 11 is 0. The minimum atomic E-state index is -1.88. The molecule has 0 aromatic heterocycles. The van der Waals surface area contributed by atoms with Crippen LogP contribution in [0.25, 0.3) is 17.2 Å². The molecule has 2 nitrogen and oxygen atoms in total. The lowest BCUT2D eigenvalue weighted by atomic mass is 9.95. The molecular weight excluding hydrogens is 410 g/mol. The van der Waals surface area contributed by atoms with Crippen molar-refractivity contribution >= 4 is 44.6 Å². The fourth-order valence-corrected chi connectivity index (χ4v) is 40.5. The van der Waals surface area contributed by atoms with Crippen LogP contribution in [-0.2, 0) is 6.42 Å². The van der Waals surface area contributed by atoms with Crippen molar-refractivity contribution in [1.82, 2.24) is 5.73 Å². The SMILES string of the molecule is CC1=Cc2c(-c3ccc(C([NH])=O)c4c3[Si](C)(C)[Si](C)(C)[Si]4(C)C)ccc(F)c2C1. The molecule has 0 saturated carbocycles. The van der Waals surface area contributed by atoms with Gasteiger partial charge in [-0.05, 0) is 47.7 Å². The van der Waals surface area contributed by atoms with Gasteiger partial charge in [0.25, 0.3) is 5.91 Å². The fourth-order valence-electron chi connectivity index (χ4n) is 5.51. The number of amides is 1. The van der Waals surface area contributed by atoms with E-state index in [0.29, 0.717) is 12.0 Å². The highest BCUT2D eigenvalue weighted by Crippen LogP contribution is 2.40. The molecule has 1 radical (unpaired) electrons. The Kier molecular flexibility index (Phi) is 4.33. The van der Waals surface area contributed by atoms with Crippen LogP contribution < -0.4 is 16.1 Å². The van der Waals surface area contributed by atoms with Gasteiger partial charge in [0.2, 0.25) is 0 Å². The normalized spacial score (nSPS) is 20.2. The van der Waals surface area contributed by atoms with Crippen LogP contribution in [-0.4, -0.2) is 28.2 Å². The Morgan fingerprint density at radius 3 is 2.14 bits per heavy atom. The third-order valence-electron chi connectivity index (χ3n) is 8.26. The van der Waals surface area contributed by atoms with Crippen LogP contribution in [0.1, 0.15) is 28.4 Å². The molecule has 0 spiro atoms. The quantitative estimate of drug-likeness (QED) is 0.633. The van der Waals surface area contributed by atoms with Gasteiger partial charge in [-0.15, -0.1) is 0 Å². The summed E-state index contributed by atoms with van der Waals surface area (Å²) in [4.78, 5) is 12.3. The van der Waals surface area contributed by atoms with E-state index in [4.69, 9.17) is 5.73 Å². The number of carbonyl (C=O) groups excluding carboxylic acids is 1. The van der Waals surface area contributed by atoms with Crippen LogP contribution in [0.5, 0.6) is 0 Å². The van der Waals surface area contributed by atoms with Crippen LogP contribution in [0.15, 0.2) is 29.8 Å². The lowest BCUT2D eigenvalue weighted by Crippen LogP contribution is -2.68. The van der Waals surface area contributed by atoms with Crippen LogP contribution in [0.3, 0.4) is 0 Å². The first-order chi connectivity index (χ1) is 13.3. The highest BCUT2D eigenvalue weighted by molar-refractivity contribution is 7.76. The summed E-state index contributed by atoms with van der Waals surface area (Å²) < 4.78 is 14.5. The van der Waals surface area contributed by atoms with Gasteiger partial charge in [-0.2, -0.15) is 0 Å². The second kappa shape index (κ2) is 6.12. The van der Waals surface area contributed by atoms with E-state index >= 15 is 0 Å². The first kappa shape index (κ1) is 20.5. The summed E-state index contributed by atoms with van der Waals surface area (Å²) in [5, 5.41) is 2.62. The highest BCUT2D eigenvalue weighted by Gasteiger charge is 2.62. The zero-order valence-electron chi connectivity index (χ0n) is 18.4. The molecule has 2 aromatic rings. The number of hydrogen-bond acceptors (Lipinski definition) is 1. The van der Waals surface area contributed by atoms with Crippen LogP contribution >= 0.6 is 0 Å². The molecule has 2 aliphatic rings. The van der Waals surface area contributed by atoms with Crippen molar-refractivity contribution in [3.63, 3.8) is 0 Å². The maximum Gasteiger partial charge on any atom is 0.269 e. The Morgan fingerprint density at radius 1 is 0.931 bits per heavy atom. The first-order valence-corrected chi connectivity index (χ1v) is 21.2. The number of carbonyl (C=O) groups is 1. The third kappa shape index (κ3) is 2.52. The zero-order valence-corrected chi connectivity index (χ0v) is 21.4. The highest BCUT2D eigenvalue weighted by atomic mass is 29.6. The van der Waals surface area contributed by atoms with Gasteiger partial charge < -0.3 is 0 Å². The van der Waals surface area contributed by atoms with Crippen molar-refractivity contribution in [2.45, 2.75) is 52.6 Å². The van der Waals surface area contributed by atoms with E-state index in [1.165, 1.54) is 21.5 Å². The molecule has 0 bridgehead atoms. The summed E-state index contributed by atoms with van der Waals surface area (Å²) in [6.07, 6.45) is 2.79. The number of rotatable bonds is 2. The summed E-state index contributed by atoms with van der Waals surface area (Å²) in [6.45, 7) is 16.8.